The fraction of sp³-hybridized carbons (Fsp3) is 0.562. The summed E-state index contributed by atoms with van der Waals surface area (Å²) >= 11 is 0. The van der Waals surface area contributed by atoms with Gasteiger partial charge in [0.25, 0.3) is 5.69 Å². The molecule has 1 amide bonds. The van der Waals surface area contributed by atoms with Crippen LogP contribution in [-0.4, -0.2) is 40.9 Å². The molecule has 2 rings (SSSR count). The number of nitrogens with two attached hydrogens (primary N) is 1. The molecule has 0 aliphatic carbocycles. The third kappa shape index (κ3) is 4.19. The summed E-state index contributed by atoms with van der Waals surface area (Å²) in [5, 5.41) is 13.9. The Kier molecular flexibility index (Phi) is 5.20. The van der Waals surface area contributed by atoms with Gasteiger partial charge < -0.3 is 16.0 Å². The number of amides is 1. The maximum absolute atomic E-state index is 12.0. The average Bonchev–Trinajstić information content (AvgIpc) is 2.49. The van der Waals surface area contributed by atoms with Gasteiger partial charge in [-0.05, 0) is 30.9 Å². The Morgan fingerprint density at radius 1 is 1.35 bits per heavy atom. The van der Waals surface area contributed by atoms with E-state index in [1.165, 1.54) is 12.1 Å². The Morgan fingerprint density at radius 3 is 2.35 bits per heavy atom. The molecule has 1 heterocycles. The molecule has 0 unspecified atom stereocenters. The molecular formula is C16H24N4O3. The number of non-ortho nitro benzene ring substituents is 1. The number of nitrogens with zero attached hydrogens (tertiary/aromatic N) is 2. The third-order valence-electron chi connectivity index (χ3n) is 4.27. The molecule has 7 nitrogen and oxygen atoms in total. The van der Waals surface area contributed by atoms with E-state index in [2.05, 4.69) is 24.1 Å². The molecule has 0 radical (unpaired) electrons. The number of nitro groups is 1. The molecule has 1 aromatic rings. The van der Waals surface area contributed by atoms with Crippen LogP contribution in [0.15, 0.2) is 24.3 Å². The van der Waals surface area contributed by atoms with Crippen molar-refractivity contribution in [3.63, 3.8) is 0 Å². The van der Waals surface area contributed by atoms with E-state index in [1.807, 2.05) is 0 Å². The van der Waals surface area contributed by atoms with Crippen molar-refractivity contribution in [2.45, 2.75) is 32.2 Å². The van der Waals surface area contributed by atoms with Gasteiger partial charge in [-0.1, -0.05) is 13.8 Å². The second kappa shape index (κ2) is 6.95. The van der Waals surface area contributed by atoms with Crippen molar-refractivity contribution in [1.82, 2.24) is 4.90 Å². The van der Waals surface area contributed by atoms with E-state index in [0.29, 0.717) is 24.4 Å². The molecule has 1 aliphatic heterocycles. The number of hydrogen-bond acceptors (Lipinski definition) is 5. The first-order valence-corrected chi connectivity index (χ1v) is 7.87. The molecule has 1 fully saturated rings. The Bertz CT molecular complexity index is 563. The molecule has 0 bridgehead atoms. The number of carbonyl (C=O) groups excluding carboxylic acids is 1. The number of benzene rings is 1. The fourth-order valence-corrected chi connectivity index (χ4v) is 3.01. The van der Waals surface area contributed by atoms with Crippen LogP contribution in [0.1, 0.15) is 26.7 Å². The normalized spacial score (nSPS) is 17.9. The van der Waals surface area contributed by atoms with Crippen molar-refractivity contribution in [2.24, 2.45) is 11.7 Å². The summed E-state index contributed by atoms with van der Waals surface area (Å²) in [6.45, 7) is 6.96. The minimum atomic E-state index is -0.788. The highest BCUT2D eigenvalue weighted by atomic mass is 16.6. The second-order valence-corrected chi connectivity index (χ2v) is 6.57. The van der Waals surface area contributed by atoms with Crippen LogP contribution in [0.25, 0.3) is 0 Å². The van der Waals surface area contributed by atoms with E-state index in [0.717, 1.165) is 19.6 Å². The Morgan fingerprint density at radius 2 is 1.91 bits per heavy atom. The zero-order chi connectivity index (χ0) is 17.0. The number of likely N-dealkylation sites (tertiary alicyclic amines) is 1. The van der Waals surface area contributed by atoms with Gasteiger partial charge in [-0.2, -0.15) is 0 Å². The minimum Gasteiger partial charge on any atom is -0.371 e. The van der Waals surface area contributed by atoms with Gasteiger partial charge in [0.05, 0.1) is 4.92 Å². The number of nitrogens with one attached hydrogen (secondary N) is 1. The van der Waals surface area contributed by atoms with Gasteiger partial charge in [0.2, 0.25) is 5.91 Å². The van der Waals surface area contributed by atoms with Gasteiger partial charge in [-0.25, -0.2) is 0 Å². The maximum atomic E-state index is 12.0. The fourth-order valence-electron chi connectivity index (χ4n) is 3.01. The zero-order valence-electron chi connectivity index (χ0n) is 13.6. The summed E-state index contributed by atoms with van der Waals surface area (Å²) in [4.78, 5) is 24.6. The van der Waals surface area contributed by atoms with Gasteiger partial charge >= 0.3 is 0 Å². The summed E-state index contributed by atoms with van der Waals surface area (Å²) in [5.74, 6) is 0.207. The summed E-state index contributed by atoms with van der Waals surface area (Å²) < 4.78 is 0. The summed E-state index contributed by atoms with van der Waals surface area (Å²) in [6.07, 6.45) is 1.26. The van der Waals surface area contributed by atoms with E-state index < -0.39 is 10.5 Å². The predicted octanol–water partition coefficient (Wildman–Crippen LogP) is 1.98. The minimum absolute atomic E-state index is 0.0235. The number of piperidine rings is 1. The van der Waals surface area contributed by atoms with Crippen molar-refractivity contribution < 1.29 is 9.72 Å². The SMILES string of the molecule is CC(C)CN1CCC(Nc2ccc([N+](=O)[O-])cc2)(C(N)=O)CC1. The first kappa shape index (κ1) is 17.2. The second-order valence-electron chi connectivity index (χ2n) is 6.57. The Hall–Kier alpha value is -2.15. The standard InChI is InChI=1S/C16H24N4O3/c1-12(2)11-19-9-7-16(8-10-19,15(17)21)18-13-3-5-14(6-4-13)20(22)23/h3-6,12,18H,7-11H2,1-2H3,(H2,17,21). The van der Waals surface area contributed by atoms with Crippen LogP contribution in [0.3, 0.4) is 0 Å². The number of primary amides is 1. The Labute approximate surface area is 136 Å². The lowest BCUT2D eigenvalue weighted by Gasteiger charge is -2.41. The maximum Gasteiger partial charge on any atom is 0.269 e. The quantitative estimate of drug-likeness (QED) is 0.616. The smallest absolute Gasteiger partial charge is 0.269 e. The van der Waals surface area contributed by atoms with Crippen LogP contribution in [0.2, 0.25) is 0 Å². The van der Waals surface area contributed by atoms with Crippen molar-refractivity contribution in [2.75, 3.05) is 25.0 Å². The molecule has 1 aliphatic rings. The topological polar surface area (TPSA) is 102 Å². The van der Waals surface area contributed by atoms with Gasteiger partial charge in [-0.3, -0.25) is 14.9 Å². The summed E-state index contributed by atoms with van der Waals surface area (Å²) in [6, 6.07) is 6.07. The number of rotatable bonds is 6. The van der Waals surface area contributed by atoms with Crippen molar-refractivity contribution in [3.8, 4) is 0 Å². The van der Waals surface area contributed by atoms with E-state index >= 15 is 0 Å². The molecule has 0 spiro atoms. The highest BCUT2D eigenvalue weighted by Crippen LogP contribution is 2.28. The Balaban J connectivity index is 2.07. The molecule has 0 atom stereocenters. The third-order valence-corrected chi connectivity index (χ3v) is 4.27. The van der Waals surface area contributed by atoms with Crippen molar-refractivity contribution >= 4 is 17.3 Å². The van der Waals surface area contributed by atoms with Crippen LogP contribution >= 0.6 is 0 Å². The van der Waals surface area contributed by atoms with Crippen LogP contribution in [-0.2, 0) is 4.79 Å². The van der Waals surface area contributed by atoms with Crippen LogP contribution < -0.4 is 11.1 Å². The van der Waals surface area contributed by atoms with E-state index in [1.54, 1.807) is 12.1 Å². The molecule has 1 aromatic carbocycles. The number of hydrogen-bond donors (Lipinski definition) is 2. The number of anilines is 1. The van der Waals surface area contributed by atoms with Crippen molar-refractivity contribution in [1.29, 1.82) is 0 Å². The van der Waals surface area contributed by atoms with E-state index in [9.17, 15) is 14.9 Å². The van der Waals surface area contributed by atoms with E-state index in [4.69, 9.17) is 5.73 Å². The molecule has 1 saturated heterocycles. The predicted molar refractivity (Wildman–Crippen MR) is 89.2 cm³/mol. The molecule has 23 heavy (non-hydrogen) atoms. The largest absolute Gasteiger partial charge is 0.371 e. The first-order valence-electron chi connectivity index (χ1n) is 7.87. The molecule has 0 aromatic heterocycles. The summed E-state index contributed by atoms with van der Waals surface area (Å²) in [7, 11) is 0. The molecule has 3 N–H and O–H groups in total. The zero-order valence-corrected chi connectivity index (χ0v) is 13.6. The van der Waals surface area contributed by atoms with Gasteiger partial charge in [0.1, 0.15) is 5.54 Å². The van der Waals surface area contributed by atoms with Crippen LogP contribution in [0.5, 0.6) is 0 Å². The molecular weight excluding hydrogens is 296 g/mol. The molecule has 7 heteroatoms. The van der Waals surface area contributed by atoms with Crippen molar-refractivity contribution in [3.05, 3.63) is 34.4 Å². The lowest BCUT2D eigenvalue weighted by molar-refractivity contribution is -0.384. The lowest BCUT2D eigenvalue weighted by Crippen LogP contribution is -2.57. The summed E-state index contributed by atoms with van der Waals surface area (Å²) in [5.41, 5.74) is 5.55. The van der Waals surface area contributed by atoms with Gasteiger partial charge in [-0.15, -0.1) is 0 Å². The average molecular weight is 320 g/mol. The molecule has 126 valence electrons. The first-order chi connectivity index (χ1) is 10.8. The lowest BCUT2D eigenvalue weighted by atomic mass is 9.86. The molecule has 0 saturated carbocycles. The number of carbonyl (C=O) groups is 1. The monoisotopic (exact) mass is 320 g/mol. The van der Waals surface area contributed by atoms with Gasteiger partial charge in [0, 0.05) is 37.5 Å². The van der Waals surface area contributed by atoms with Crippen LogP contribution in [0, 0.1) is 16.0 Å². The highest BCUT2D eigenvalue weighted by Gasteiger charge is 2.39. The highest BCUT2D eigenvalue weighted by molar-refractivity contribution is 5.88. The number of nitro benzene ring substituents is 1. The van der Waals surface area contributed by atoms with Gasteiger partial charge in [0.15, 0.2) is 0 Å². The van der Waals surface area contributed by atoms with Crippen LogP contribution in [0.4, 0.5) is 11.4 Å². The van der Waals surface area contributed by atoms with E-state index in [-0.39, 0.29) is 11.6 Å².